The van der Waals surface area contributed by atoms with Crippen molar-refractivity contribution in [3.05, 3.63) is 54.7 Å². The van der Waals surface area contributed by atoms with Gasteiger partial charge in [-0.3, -0.25) is 14.6 Å². The number of rotatable bonds is 7. The van der Waals surface area contributed by atoms with Gasteiger partial charge in [0.15, 0.2) is 0 Å². The molecule has 0 spiro atoms. The Bertz CT molecular complexity index is 908. The molecule has 2 heterocycles. The minimum absolute atomic E-state index is 0.157. The molecule has 2 aromatic heterocycles. The zero-order valence-corrected chi connectivity index (χ0v) is 14.3. The van der Waals surface area contributed by atoms with Crippen LogP contribution in [0, 0.1) is 0 Å². The van der Waals surface area contributed by atoms with Crippen LogP contribution in [0.1, 0.15) is 10.5 Å². The highest BCUT2D eigenvalue weighted by Crippen LogP contribution is 2.24. The summed E-state index contributed by atoms with van der Waals surface area (Å²) in [7, 11) is 1.66. The summed E-state index contributed by atoms with van der Waals surface area (Å²) in [6.45, 7) is 1.18. The van der Waals surface area contributed by atoms with E-state index in [1.54, 1.807) is 7.11 Å². The molecule has 0 fully saturated rings. The molecule has 0 unspecified atom stereocenters. The maximum atomic E-state index is 12.2. The van der Waals surface area contributed by atoms with E-state index in [4.69, 9.17) is 4.74 Å². The molecule has 0 aliphatic carbocycles. The Morgan fingerprint density at radius 1 is 1.23 bits per heavy atom. The second-order valence-corrected chi connectivity index (χ2v) is 5.56. The van der Waals surface area contributed by atoms with Gasteiger partial charge in [0.2, 0.25) is 5.91 Å². The van der Waals surface area contributed by atoms with Crippen molar-refractivity contribution < 1.29 is 14.3 Å². The number of fused-ring (bicyclic) bond motifs is 1. The maximum Gasteiger partial charge on any atom is 0.271 e. The summed E-state index contributed by atoms with van der Waals surface area (Å²) >= 11 is 0. The molecule has 8 nitrogen and oxygen atoms in total. The van der Waals surface area contributed by atoms with E-state index in [0.717, 1.165) is 17.4 Å². The maximum absolute atomic E-state index is 12.2. The summed E-state index contributed by atoms with van der Waals surface area (Å²) in [5.41, 5.74) is 1.86. The number of hydrogen-bond donors (Lipinski definition) is 2. The molecular formula is C18H19N5O3. The van der Waals surface area contributed by atoms with E-state index in [9.17, 15) is 9.59 Å². The first kappa shape index (κ1) is 17.6. The Morgan fingerprint density at radius 3 is 2.88 bits per heavy atom. The van der Waals surface area contributed by atoms with Crippen LogP contribution in [0.3, 0.4) is 0 Å². The van der Waals surface area contributed by atoms with Crippen LogP contribution in [0.15, 0.2) is 49.1 Å². The van der Waals surface area contributed by atoms with Crippen LogP contribution >= 0.6 is 0 Å². The van der Waals surface area contributed by atoms with Gasteiger partial charge < -0.3 is 19.9 Å². The highest BCUT2D eigenvalue weighted by atomic mass is 16.5. The van der Waals surface area contributed by atoms with Crippen molar-refractivity contribution in [3.8, 4) is 0 Å². The van der Waals surface area contributed by atoms with E-state index < -0.39 is 5.91 Å². The molecule has 8 heteroatoms. The normalized spacial score (nSPS) is 10.7. The molecule has 1 aromatic carbocycles. The highest BCUT2D eigenvalue weighted by molar-refractivity contribution is 6.03. The minimum atomic E-state index is -0.447. The van der Waals surface area contributed by atoms with Gasteiger partial charge in [-0.25, -0.2) is 4.98 Å². The summed E-state index contributed by atoms with van der Waals surface area (Å²) in [4.78, 5) is 31.8. The van der Waals surface area contributed by atoms with Crippen molar-refractivity contribution in [3.63, 3.8) is 0 Å². The molecule has 2 amide bonds. The Kier molecular flexibility index (Phi) is 5.55. The predicted molar refractivity (Wildman–Crippen MR) is 96.8 cm³/mol. The first-order valence-corrected chi connectivity index (χ1v) is 8.10. The fourth-order valence-corrected chi connectivity index (χ4v) is 2.58. The number of amides is 2. The molecule has 0 saturated heterocycles. The molecular weight excluding hydrogens is 334 g/mol. The van der Waals surface area contributed by atoms with Crippen LogP contribution in [0.4, 0.5) is 5.69 Å². The van der Waals surface area contributed by atoms with Gasteiger partial charge in [0.1, 0.15) is 5.69 Å². The van der Waals surface area contributed by atoms with Gasteiger partial charge in [-0.2, -0.15) is 0 Å². The first-order valence-electron chi connectivity index (χ1n) is 8.10. The molecule has 134 valence electrons. The lowest BCUT2D eigenvalue weighted by atomic mass is 10.2. The molecule has 3 aromatic rings. The van der Waals surface area contributed by atoms with E-state index in [1.165, 1.54) is 18.6 Å². The summed E-state index contributed by atoms with van der Waals surface area (Å²) in [6, 6.07) is 7.63. The number of methoxy groups -OCH3 is 1. The summed E-state index contributed by atoms with van der Waals surface area (Å²) in [6.07, 6.45) is 6.19. The van der Waals surface area contributed by atoms with Crippen LogP contribution in [0.5, 0.6) is 0 Å². The van der Waals surface area contributed by atoms with Gasteiger partial charge in [-0.15, -0.1) is 0 Å². The average molecular weight is 353 g/mol. The number of anilines is 1. The summed E-state index contributed by atoms with van der Waals surface area (Å²) < 4.78 is 7.17. The number of nitrogens with one attached hydrogen (secondary N) is 2. The van der Waals surface area contributed by atoms with Crippen LogP contribution in [-0.2, 0) is 16.1 Å². The minimum Gasteiger partial charge on any atom is -0.383 e. The Balaban J connectivity index is 1.64. The van der Waals surface area contributed by atoms with Crippen molar-refractivity contribution in [2.24, 2.45) is 0 Å². The zero-order chi connectivity index (χ0) is 18.4. The fourth-order valence-electron chi connectivity index (χ4n) is 2.58. The van der Waals surface area contributed by atoms with E-state index in [1.807, 2.05) is 30.5 Å². The lowest BCUT2D eigenvalue weighted by Crippen LogP contribution is -2.33. The molecule has 0 aliphatic rings. The zero-order valence-electron chi connectivity index (χ0n) is 14.3. The van der Waals surface area contributed by atoms with Gasteiger partial charge in [-0.05, 0) is 18.2 Å². The summed E-state index contributed by atoms with van der Waals surface area (Å²) in [5, 5.41) is 6.28. The van der Waals surface area contributed by atoms with E-state index >= 15 is 0 Å². The molecule has 2 N–H and O–H groups in total. The van der Waals surface area contributed by atoms with Gasteiger partial charge in [-0.1, -0.05) is 6.07 Å². The third-order valence-electron chi connectivity index (χ3n) is 3.83. The van der Waals surface area contributed by atoms with Crippen molar-refractivity contribution in [2.45, 2.75) is 6.54 Å². The Hall–Kier alpha value is -3.26. The third kappa shape index (κ3) is 4.04. The van der Waals surface area contributed by atoms with Crippen molar-refractivity contribution in [2.75, 3.05) is 25.6 Å². The number of ether oxygens (including phenoxy) is 1. The number of hydrogen-bond acceptors (Lipinski definition) is 5. The van der Waals surface area contributed by atoms with Crippen molar-refractivity contribution >= 4 is 28.4 Å². The van der Waals surface area contributed by atoms with E-state index in [-0.39, 0.29) is 18.1 Å². The summed E-state index contributed by atoms with van der Waals surface area (Å²) in [5.74, 6) is -0.767. The average Bonchev–Trinajstić information content (AvgIpc) is 3.09. The number of aromatic nitrogens is 3. The van der Waals surface area contributed by atoms with Crippen molar-refractivity contribution in [1.82, 2.24) is 19.9 Å². The second-order valence-electron chi connectivity index (χ2n) is 5.56. The third-order valence-corrected chi connectivity index (χ3v) is 3.83. The quantitative estimate of drug-likeness (QED) is 0.670. The lowest BCUT2D eigenvalue weighted by molar-refractivity contribution is -0.115. The number of carbonyl (C=O) groups excluding carboxylic acids is 2. The Morgan fingerprint density at radius 2 is 2.12 bits per heavy atom. The van der Waals surface area contributed by atoms with E-state index in [0.29, 0.717) is 12.3 Å². The number of nitrogens with zero attached hydrogens (tertiary/aromatic N) is 3. The molecule has 3 rings (SSSR count). The van der Waals surface area contributed by atoms with Gasteiger partial charge in [0.05, 0.1) is 30.6 Å². The van der Waals surface area contributed by atoms with Gasteiger partial charge in [0.25, 0.3) is 5.91 Å². The first-order chi connectivity index (χ1) is 12.7. The molecule has 0 saturated carbocycles. The lowest BCUT2D eigenvalue weighted by Gasteiger charge is -2.09. The van der Waals surface area contributed by atoms with Crippen LogP contribution < -0.4 is 10.6 Å². The van der Waals surface area contributed by atoms with Gasteiger partial charge in [0, 0.05) is 37.6 Å². The standard InChI is InChI=1S/C18H19N5O3/c1-26-10-9-23-8-5-13-14(3-2-4-16(13)23)22-17(24)12-21-18(25)15-11-19-6-7-20-15/h2-8,11H,9-10,12H2,1H3,(H,21,25)(H,22,24). The topological polar surface area (TPSA) is 98.1 Å². The van der Waals surface area contributed by atoms with Crippen LogP contribution in [-0.4, -0.2) is 46.6 Å². The second kappa shape index (κ2) is 8.21. The number of benzene rings is 1. The smallest absolute Gasteiger partial charge is 0.271 e. The monoisotopic (exact) mass is 353 g/mol. The Labute approximate surface area is 150 Å². The number of carbonyl (C=O) groups is 2. The molecule has 0 atom stereocenters. The van der Waals surface area contributed by atoms with E-state index in [2.05, 4.69) is 25.2 Å². The molecule has 0 aliphatic heterocycles. The SMILES string of the molecule is COCCn1ccc2c(NC(=O)CNC(=O)c3cnccn3)cccc21. The highest BCUT2D eigenvalue weighted by Gasteiger charge is 2.11. The molecule has 26 heavy (non-hydrogen) atoms. The molecule has 0 radical (unpaired) electrons. The van der Waals surface area contributed by atoms with Crippen molar-refractivity contribution in [1.29, 1.82) is 0 Å². The predicted octanol–water partition coefficient (Wildman–Crippen LogP) is 1.45. The van der Waals surface area contributed by atoms with Crippen LogP contribution in [0.25, 0.3) is 10.9 Å². The van der Waals surface area contributed by atoms with Gasteiger partial charge >= 0.3 is 0 Å². The fraction of sp³-hybridized carbons (Fsp3) is 0.222. The largest absolute Gasteiger partial charge is 0.383 e. The van der Waals surface area contributed by atoms with Crippen LogP contribution in [0.2, 0.25) is 0 Å². The molecule has 0 bridgehead atoms.